The summed E-state index contributed by atoms with van der Waals surface area (Å²) >= 11 is 0. The Labute approximate surface area is 150 Å². The van der Waals surface area contributed by atoms with Gasteiger partial charge in [0.2, 0.25) is 0 Å². The van der Waals surface area contributed by atoms with Gasteiger partial charge in [-0.1, -0.05) is 42.5 Å². The van der Waals surface area contributed by atoms with Gasteiger partial charge in [-0.2, -0.15) is 0 Å². The number of para-hydroxylation sites is 4. The van der Waals surface area contributed by atoms with Crippen molar-refractivity contribution in [2.24, 2.45) is 0 Å². The molecule has 8 heteroatoms. The molecule has 0 atom stereocenters. The second-order valence-electron chi connectivity index (χ2n) is 5.24. The molecule has 0 heterocycles. The SMILES string of the molecule is O=[N+]([O-])c1ccccc1S(=O)(=O)Nc1ccccc1Oc1ccccc1. The van der Waals surface area contributed by atoms with Crippen molar-refractivity contribution in [2.75, 3.05) is 4.72 Å². The van der Waals surface area contributed by atoms with Gasteiger partial charge in [0, 0.05) is 6.07 Å². The van der Waals surface area contributed by atoms with Crippen LogP contribution in [-0.4, -0.2) is 13.3 Å². The highest BCUT2D eigenvalue weighted by Gasteiger charge is 2.26. The summed E-state index contributed by atoms with van der Waals surface area (Å²) in [4.78, 5) is 9.97. The summed E-state index contributed by atoms with van der Waals surface area (Å²) in [5, 5.41) is 11.1. The average Bonchev–Trinajstić information content (AvgIpc) is 2.64. The smallest absolute Gasteiger partial charge is 0.289 e. The minimum atomic E-state index is -4.18. The van der Waals surface area contributed by atoms with Crippen LogP contribution < -0.4 is 9.46 Å². The van der Waals surface area contributed by atoms with Crippen LogP contribution in [0.3, 0.4) is 0 Å². The lowest BCUT2D eigenvalue weighted by atomic mass is 10.3. The van der Waals surface area contributed by atoms with Gasteiger partial charge in [-0.25, -0.2) is 8.42 Å². The summed E-state index contributed by atoms with van der Waals surface area (Å²) < 4.78 is 33.4. The maximum Gasteiger partial charge on any atom is 0.289 e. The molecule has 132 valence electrons. The van der Waals surface area contributed by atoms with E-state index in [1.54, 1.807) is 42.5 Å². The highest BCUT2D eigenvalue weighted by Crippen LogP contribution is 2.32. The number of nitrogens with zero attached hydrogens (tertiary/aromatic N) is 1. The Bertz CT molecular complexity index is 1040. The van der Waals surface area contributed by atoms with Crippen LogP contribution in [0.2, 0.25) is 0 Å². The van der Waals surface area contributed by atoms with E-state index in [-0.39, 0.29) is 11.4 Å². The van der Waals surface area contributed by atoms with Gasteiger partial charge in [0.05, 0.1) is 10.6 Å². The van der Waals surface area contributed by atoms with Crippen LogP contribution in [0.15, 0.2) is 83.8 Å². The molecule has 0 aliphatic rings. The third kappa shape index (κ3) is 3.81. The molecule has 0 aliphatic carbocycles. The normalized spacial score (nSPS) is 10.9. The van der Waals surface area contributed by atoms with Crippen LogP contribution in [0.1, 0.15) is 0 Å². The van der Waals surface area contributed by atoms with Gasteiger partial charge in [-0.3, -0.25) is 14.8 Å². The largest absolute Gasteiger partial charge is 0.455 e. The van der Waals surface area contributed by atoms with E-state index in [2.05, 4.69) is 4.72 Å². The van der Waals surface area contributed by atoms with Gasteiger partial charge >= 0.3 is 0 Å². The molecule has 0 aliphatic heterocycles. The molecule has 0 aromatic heterocycles. The van der Waals surface area contributed by atoms with Crippen LogP contribution >= 0.6 is 0 Å². The molecule has 26 heavy (non-hydrogen) atoms. The fourth-order valence-electron chi connectivity index (χ4n) is 2.29. The van der Waals surface area contributed by atoms with Crippen molar-refractivity contribution < 1.29 is 18.1 Å². The van der Waals surface area contributed by atoms with Gasteiger partial charge < -0.3 is 4.74 Å². The number of rotatable bonds is 6. The lowest BCUT2D eigenvalue weighted by Crippen LogP contribution is -2.15. The molecular weight excluding hydrogens is 356 g/mol. The van der Waals surface area contributed by atoms with E-state index in [1.165, 1.54) is 24.3 Å². The lowest BCUT2D eigenvalue weighted by Gasteiger charge is -2.13. The first-order valence-corrected chi connectivity index (χ1v) is 9.04. The molecule has 1 N–H and O–H groups in total. The highest BCUT2D eigenvalue weighted by molar-refractivity contribution is 7.92. The fourth-order valence-corrected chi connectivity index (χ4v) is 3.53. The van der Waals surface area contributed by atoms with Crippen molar-refractivity contribution in [2.45, 2.75) is 4.90 Å². The topological polar surface area (TPSA) is 98.5 Å². The number of anilines is 1. The Kier molecular flexibility index (Phi) is 4.85. The molecule has 0 fully saturated rings. The number of nitrogens with one attached hydrogen (secondary N) is 1. The summed E-state index contributed by atoms with van der Waals surface area (Å²) in [6.07, 6.45) is 0. The third-order valence-electron chi connectivity index (χ3n) is 3.45. The molecule has 0 saturated heterocycles. The van der Waals surface area contributed by atoms with Gasteiger partial charge in [-0.05, 0) is 30.3 Å². The van der Waals surface area contributed by atoms with Gasteiger partial charge in [-0.15, -0.1) is 0 Å². The zero-order valence-corrected chi connectivity index (χ0v) is 14.2. The number of ether oxygens (including phenoxy) is 1. The minimum Gasteiger partial charge on any atom is -0.455 e. The van der Waals surface area contributed by atoms with E-state index in [0.717, 1.165) is 6.07 Å². The summed E-state index contributed by atoms with van der Waals surface area (Å²) in [7, 11) is -4.18. The molecular formula is C18H14N2O5S. The molecule has 0 bridgehead atoms. The quantitative estimate of drug-likeness (QED) is 0.518. The molecule has 3 aromatic carbocycles. The molecule has 0 saturated carbocycles. The van der Waals surface area contributed by atoms with Crippen molar-refractivity contribution in [3.63, 3.8) is 0 Å². The number of benzene rings is 3. The number of hydrogen-bond acceptors (Lipinski definition) is 5. The van der Waals surface area contributed by atoms with E-state index in [1.807, 2.05) is 6.07 Å². The van der Waals surface area contributed by atoms with E-state index in [0.29, 0.717) is 5.75 Å². The van der Waals surface area contributed by atoms with E-state index in [9.17, 15) is 18.5 Å². The third-order valence-corrected chi connectivity index (χ3v) is 4.87. The van der Waals surface area contributed by atoms with Crippen LogP contribution in [0.4, 0.5) is 11.4 Å². The van der Waals surface area contributed by atoms with Crippen molar-refractivity contribution >= 4 is 21.4 Å². The number of sulfonamides is 1. The monoisotopic (exact) mass is 370 g/mol. The van der Waals surface area contributed by atoms with Crippen molar-refractivity contribution in [1.82, 2.24) is 0 Å². The number of nitro groups is 1. The van der Waals surface area contributed by atoms with E-state index < -0.39 is 25.5 Å². The van der Waals surface area contributed by atoms with E-state index >= 15 is 0 Å². The van der Waals surface area contributed by atoms with Crippen LogP contribution in [-0.2, 0) is 10.0 Å². The molecule has 7 nitrogen and oxygen atoms in total. The Morgan fingerprint density at radius 1 is 0.846 bits per heavy atom. The number of nitro benzene ring substituents is 1. The first-order valence-electron chi connectivity index (χ1n) is 7.55. The van der Waals surface area contributed by atoms with Crippen LogP contribution in [0, 0.1) is 10.1 Å². The number of hydrogen-bond donors (Lipinski definition) is 1. The van der Waals surface area contributed by atoms with Crippen LogP contribution in [0.25, 0.3) is 0 Å². The Hall–Kier alpha value is -3.39. The maximum atomic E-state index is 12.7. The predicted octanol–water partition coefficient (Wildman–Crippen LogP) is 4.19. The molecule has 0 radical (unpaired) electrons. The van der Waals surface area contributed by atoms with Gasteiger partial charge in [0.1, 0.15) is 5.75 Å². The Morgan fingerprint density at radius 2 is 1.46 bits per heavy atom. The Balaban J connectivity index is 1.95. The molecule has 0 spiro atoms. The summed E-state index contributed by atoms with van der Waals surface area (Å²) in [5.74, 6) is 0.811. The lowest BCUT2D eigenvalue weighted by molar-refractivity contribution is -0.387. The zero-order chi connectivity index (χ0) is 18.6. The Morgan fingerprint density at radius 3 is 2.19 bits per heavy atom. The van der Waals surface area contributed by atoms with Crippen molar-refractivity contribution in [1.29, 1.82) is 0 Å². The maximum absolute atomic E-state index is 12.7. The first-order chi connectivity index (χ1) is 12.5. The molecule has 0 unspecified atom stereocenters. The second kappa shape index (κ2) is 7.24. The fraction of sp³-hybridized carbons (Fsp3) is 0. The zero-order valence-electron chi connectivity index (χ0n) is 13.4. The van der Waals surface area contributed by atoms with Gasteiger partial charge in [0.25, 0.3) is 15.7 Å². The highest BCUT2D eigenvalue weighted by atomic mass is 32.2. The second-order valence-corrected chi connectivity index (χ2v) is 6.89. The summed E-state index contributed by atoms with van der Waals surface area (Å²) in [6, 6.07) is 20.5. The predicted molar refractivity (Wildman–Crippen MR) is 96.9 cm³/mol. The standard InChI is InChI=1S/C18H14N2O5S/c21-20(22)16-11-5-7-13-18(16)26(23,24)19-15-10-4-6-12-17(15)25-14-8-2-1-3-9-14/h1-13,19H. The van der Waals surface area contributed by atoms with Crippen molar-refractivity contribution in [3.05, 3.63) is 89.0 Å². The molecule has 3 rings (SSSR count). The minimum absolute atomic E-state index is 0.175. The molecule has 0 amide bonds. The summed E-state index contributed by atoms with van der Waals surface area (Å²) in [6.45, 7) is 0. The van der Waals surface area contributed by atoms with Crippen molar-refractivity contribution in [3.8, 4) is 11.5 Å². The first kappa shape index (κ1) is 17.4. The molecule has 3 aromatic rings. The average molecular weight is 370 g/mol. The summed E-state index contributed by atoms with van der Waals surface area (Å²) in [5.41, 5.74) is -0.323. The van der Waals surface area contributed by atoms with Crippen LogP contribution in [0.5, 0.6) is 11.5 Å². The van der Waals surface area contributed by atoms with Gasteiger partial charge in [0.15, 0.2) is 10.6 Å². The van der Waals surface area contributed by atoms with E-state index in [4.69, 9.17) is 4.74 Å².